The molecule has 98 valence electrons. The number of nitrogens with one attached hydrogen (secondary N) is 1. The average Bonchev–Trinajstić information content (AvgIpc) is 2.25. The van der Waals surface area contributed by atoms with Gasteiger partial charge in [-0.2, -0.15) is 0 Å². The Kier molecular flexibility index (Phi) is 3.90. The molecule has 0 spiro atoms. The topological polar surface area (TPSA) is 52.6 Å². The van der Waals surface area contributed by atoms with Crippen LogP contribution in [0.2, 0.25) is 5.02 Å². The summed E-state index contributed by atoms with van der Waals surface area (Å²) < 4.78 is 0. The Morgan fingerprint density at radius 2 is 2.17 bits per heavy atom. The molecule has 1 aromatic carbocycles. The number of hydrogen-bond acceptors (Lipinski definition) is 3. The van der Waals surface area contributed by atoms with Crippen LogP contribution in [0.3, 0.4) is 0 Å². The van der Waals surface area contributed by atoms with Gasteiger partial charge >= 0.3 is 0 Å². The largest absolute Gasteiger partial charge is 0.388 e. The van der Waals surface area contributed by atoms with E-state index < -0.39 is 5.60 Å². The van der Waals surface area contributed by atoms with Gasteiger partial charge in [0.1, 0.15) is 0 Å². The Labute approximate surface area is 112 Å². The maximum atomic E-state index is 11.7. The van der Waals surface area contributed by atoms with E-state index >= 15 is 0 Å². The van der Waals surface area contributed by atoms with E-state index in [2.05, 4.69) is 5.32 Å². The zero-order chi connectivity index (χ0) is 13.2. The summed E-state index contributed by atoms with van der Waals surface area (Å²) in [6.45, 7) is 3.62. The van der Waals surface area contributed by atoms with Gasteiger partial charge in [0.05, 0.1) is 12.1 Å². The van der Waals surface area contributed by atoms with Crippen molar-refractivity contribution >= 4 is 17.5 Å². The lowest BCUT2D eigenvalue weighted by molar-refractivity contribution is -0.130. The van der Waals surface area contributed by atoms with Gasteiger partial charge in [0, 0.05) is 24.7 Å². The molecule has 1 aromatic rings. The molecule has 2 N–H and O–H groups in total. The highest BCUT2D eigenvalue weighted by Crippen LogP contribution is 2.19. The molecule has 0 aromatic heterocycles. The normalized spacial score (nSPS) is 18.2. The summed E-state index contributed by atoms with van der Waals surface area (Å²) in [5, 5.41) is 13.0. The first kappa shape index (κ1) is 13.3. The first-order chi connectivity index (χ1) is 8.46. The molecular weight excluding hydrogens is 252 g/mol. The standard InChI is InChI=1S/C13H17ClN2O2/c1-13(18)8-16(9-13)7-12(17)15-6-10-4-2-3-5-11(10)14/h2-5,18H,6-9H2,1H3,(H,15,17). The van der Waals surface area contributed by atoms with Crippen molar-refractivity contribution in [2.24, 2.45) is 0 Å². The Balaban J connectivity index is 1.74. The molecular formula is C13H17ClN2O2. The second-order valence-corrected chi connectivity index (χ2v) is 5.42. The highest BCUT2D eigenvalue weighted by Gasteiger charge is 2.36. The van der Waals surface area contributed by atoms with Crippen LogP contribution in [0.1, 0.15) is 12.5 Å². The van der Waals surface area contributed by atoms with Crippen LogP contribution in [0.4, 0.5) is 0 Å². The maximum absolute atomic E-state index is 11.7. The number of amides is 1. The number of rotatable bonds is 4. The molecule has 4 nitrogen and oxygen atoms in total. The van der Waals surface area contributed by atoms with Crippen LogP contribution in [0, 0.1) is 0 Å². The van der Waals surface area contributed by atoms with Crippen LogP contribution in [-0.4, -0.2) is 41.1 Å². The fourth-order valence-electron chi connectivity index (χ4n) is 2.12. The first-order valence-electron chi connectivity index (χ1n) is 5.91. The molecule has 0 aliphatic carbocycles. The fourth-order valence-corrected chi connectivity index (χ4v) is 2.33. The van der Waals surface area contributed by atoms with Crippen LogP contribution >= 0.6 is 11.6 Å². The number of carbonyl (C=O) groups excluding carboxylic acids is 1. The molecule has 5 heteroatoms. The molecule has 0 unspecified atom stereocenters. The number of aliphatic hydroxyl groups is 1. The molecule has 0 bridgehead atoms. The summed E-state index contributed by atoms with van der Waals surface area (Å²) in [5.41, 5.74) is 0.270. The Morgan fingerprint density at radius 3 is 2.78 bits per heavy atom. The minimum Gasteiger partial charge on any atom is -0.388 e. The van der Waals surface area contributed by atoms with Gasteiger partial charge in [0.25, 0.3) is 0 Å². The van der Waals surface area contributed by atoms with Gasteiger partial charge in [-0.3, -0.25) is 9.69 Å². The van der Waals surface area contributed by atoms with Crippen molar-refractivity contribution in [1.82, 2.24) is 10.2 Å². The number of nitrogens with zero attached hydrogens (tertiary/aromatic N) is 1. The third kappa shape index (κ3) is 3.45. The van der Waals surface area contributed by atoms with Crippen molar-refractivity contribution in [3.05, 3.63) is 34.9 Å². The van der Waals surface area contributed by atoms with Crippen LogP contribution in [0.25, 0.3) is 0 Å². The van der Waals surface area contributed by atoms with Gasteiger partial charge in [-0.25, -0.2) is 0 Å². The monoisotopic (exact) mass is 268 g/mol. The van der Waals surface area contributed by atoms with Crippen LogP contribution < -0.4 is 5.32 Å². The summed E-state index contributed by atoms with van der Waals surface area (Å²) in [6, 6.07) is 7.43. The van der Waals surface area contributed by atoms with Crippen molar-refractivity contribution in [2.75, 3.05) is 19.6 Å². The molecule has 2 rings (SSSR count). The minimum absolute atomic E-state index is 0.0505. The molecule has 0 atom stereocenters. The first-order valence-corrected chi connectivity index (χ1v) is 6.29. The summed E-state index contributed by atoms with van der Waals surface area (Å²) in [4.78, 5) is 13.6. The molecule has 18 heavy (non-hydrogen) atoms. The van der Waals surface area contributed by atoms with Crippen molar-refractivity contribution in [3.8, 4) is 0 Å². The van der Waals surface area contributed by atoms with Crippen molar-refractivity contribution in [3.63, 3.8) is 0 Å². The van der Waals surface area contributed by atoms with Crippen LogP contribution in [0.15, 0.2) is 24.3 Å². The van der Waals surface area contributed by atoms with E-state index in [0.29, 0.717) is 31.2 Å². The Bertz CT molecular complexity index is 440. The third-order valence-corrected chi connectivity index (χ3v) is 3.30. The number of hydrogen-bond donors (Lipinski definition) is 2. The quantitative estimate of drug-likeness (QED) is 0.857. The van der Waals surface area contributed by atoms with Gasteiger partial charge in [-0.15, -0.1) is 0 Å². The zero-order valence-corrected chi connectivity index (χ0v) is 11.1. The number of benzene rings is 1. The summed E-state index contributed by atoms with van der Waals surface area (Å²) in [7, 11) is 0. The second-order valence-electron chi connectivity index (χ2n) is 5.01. The van der Waals surface area contributed by atoms with Crippen LogP contribution in [0.5, 0.6) is 0 Å². The lowest BCUT2D eigenvalue weighted by Gasteiger charge is -2.43. The molecule has 0 saturated carbocycles. The fraction of sp³-hybridized carbons (Fsp3) is 0.462. The molecule has 1 heterocycles. The van der Waals surface area contributed by atoms with Gasteiger partial charge < -0.3 is 10.4 Å². The van der Waals surface area contributed by atoms with E-state index in [0.717, 1.165) is 5.56 Å². The van der Waals surface area contributed by atoms with Crippen LogP contribution in [-0.2, 0) is 11.3 Å². The molecule has 0 radical (unpaired) electrons. The van der Waals surface area contributed by atoms with Gasteiger partial charge in [-0.05, 0) is 18.6 Å². The van der Waals surface area contributed by atoms with E-state index in [9.17, 15) is 9.90 Å². The highest BCUT2D eigenvalue weighted by molar-refractivity contribution is 6.31. The molecule has 1 amide bonds. The number of β-amino-alcohol motifs (C(OH)–C–C–N with tert-alkyl or cyclic N) is 1. The summed E-state index contributed by atoms with van der Waals surface area (Å²) in [6.07, 6.45) is 0. The lowest BCUT2D eigenvalue weighted by Crippen LogP contribution is -2.61. The zero-order valence-electron chi connectivity index (χ0n) is 10.3. The number of likely N-dealkylation sites (tertiary alicyclic amines) is 1. The molecule has 1 saturated heterocycles. The van der Waals surface area contributed by atoms with Gasteiger partial charge in [0.2, 0.25) is 5.91 Å². The van der Waals surface area contributed by atoms with E-state index in [-0.39, 0.29) is 5.91 Å². The number of halogens is 1. The summed E-state index contributed by atoms with van der Waals surface area (Å²) in [5.74, 6) is -0.0505. The predicted molar refractivity (Wildman–Crippen MR) is 70.4 cm³/mol. The third-order valence-electron chi connectivity index (χ3n) is 2.93. The average molecular weight is 269 g/mol. The molecule has 1 fully saturated rings. The second kappa shape index (κ2) is 5.26. The van der Waals surface area contributed by atoms with E-state index in [1.165, 1.54) is 0 Å². The van der Waals surface area contributed by atoms with E-state index in [1.54, 1.807) is 13.0 Å². The highest BCUT2D eigenvalue weighted by atomic mass is 35.5. The molecule has 1 aliphatic heterocycles. The lowest BCUT2D eigenvalue weighted by atomic mass is 9.97. The number of carbonyl (C=O) groups is 1. The maximum Gasteiger partial charge on any atom is 0.234 e. The predicted octanol–water partition coefficient (Wildman–Crippen LogP) is 1.02. The van der Waals surface area contributed by atoms with Crippen molar-refractivity contribution in [2.45, 2.75) is 19.1 Å². The summed E-state index contributed by atoms with van der Waals surface area (Å²) >= 11 is 5.99. The SMILES string of the molecule is CC1(O)CN(CC(=O)NCc2ccccc2Cl)C1. The van der Waals surface area contributed by atoms with Crippen molar-refractivity contribution < 1.29 is 9.90 Å². The van der Waals surface area contributed by atoms with E-state index in [1.807, 2.05) is 23.1 Å². The van der Waals surface area contributed by atoms with Gasteiger partial charge in [-0.1, -0.05) is 29.8 Å². The van der Waals surface area contributed by atoms with Gasteiger partial charge in [0.15, 0.2) is 0 Å². The Morgan fingerprint density at radius 1 is 1.50 bits per heavy atom. The molecule has 1 aliphatic rings. The van der Waals surface area contributed by atoms with E-state index in [4.69, 9.17) is 11.6 Å². The Hall–Kier alpha value is -1.10. The van der Waals surface area contributed by atoms with Crippen molar-refractivity contribution in [1.29, 1.82) is 0 Å². The minimum atomic E-state index is -0.636. The smallest absolute Gasteiger partial charge is 0.234 e.